The van der Waals surface area contributed by atoms with Crippen LogP contribution in [0, 0.1) is 5.41 Å². The van der Waals surface area contributed by atoms with E-state index < -0.39 is 0 Å². The highest BCUT2D eigenvalue weighted by molar-refractivity contribution is 5.36. The Labute approximate surface area is 116 Å². The molecule has 0 amide bonds. The monoisotopic (exact) mass is 262 g/mol. The highest BCUT2D eigenvalue weighted by Crippen LogP contribution is 2.30. The first kappa shape index (κ1) is 14.3. The highest BCUT2D eigenvalue weighted by Gasteiger charge is 2.31. The molecule has 19 heavy (non-hydrogen) atoms. The van der Waals surface area contributed by atoms with Crippen molar-refractivity contribution in [3.05, 3.63) is 18.1 Å². The number of hydrogen-bond donors (Lipinski definition) is 2. The fraction of sp³-hybridized carbons (Fsp3) is 0.733. The molecule has 2 N–H and O–H groups in total. The third-order valence-electron chi connectivity index (χ3n) is 4.10. The number of rotatable bonds is 4. The summed E-state index contributed by atoms with van der Waals surface area (Å²) in [6.45, 7) is 11.0. The lowest BCUT2D eigenvalue weighted by molar-refractivity contribution is 0.188. The van der Waals surface area contributed by atoms with Crippen LogP contribution in [0.5, 0.6) is 0 Å². The van der Waals surface area contributed by atoms with E-state index in [1.165, 1.54) is 12.8 Å². The smallest absolute Gasteiger partial charge is 0.129 e. The fourth-order valence-electron chi connectivity index (χ4n) is 2.61. The molecule has 0 aromatic carbocycles. The van der Waals surface area contributed by atoms with E-state index in [-0.39, 0.29) is 0 Å². The lowest BCUT2D eigenvalue weighted by atomic mass is 9.77. The molecule has 0 bridgehead atoms. The summed E-state index contributed by atoms with van der Waals surface area (Å²) in [6.07, 6.45) is 4.21. The Balaban J connectivity index is 1.96. The second-order valence-electron chi connectivity index (χ2n) is 6.46. The van der Waals surface area contributed by atoms with E-state index in [1.54, 1.807) is 6.33 Å². The summed E-state index contributed by atoms with van der Waals surface area (Å²) in [7, 11) is 0. The van der Waals surface area contributed by atoms with Gasteiger partial charge in [-0.05, 0) is 30.7 Å². The van der Waals surface area contributed by atoms with Crippen molar-refractivity contribution in [1.82, 2.24) is 15.3 Å². The Morgan fingerprint density at radius 3 is 2.89 bits per heavy atom. The zero-order chi connectivity index (χ0) is 13.9. The first-order valence-corrected chi connectivity index (χ1v) is 7.28. The predicted octanol–water partition coefficient (Wildman–Crippen LogP) is 2.79. The van der Waals surface area contributed by atoms with Crippen LogP contribution < -0.4 is 10.6 Å². The van der Waals surface area contributed by atoms with Crippen molar-refractivity contribution in [3.8, 4) is 0 Å². The second-order valence-corrected chi connectivity index (χ2v) is 6.46. The fourth-order valence-corrected chi connectivity index (χ4v) is 2.61. The molecule has 1 saturated heterocycles. The molecule has 2 rings (SSSR count). The summed E-state index contributed by atoms with van der Waals surface area (Å²) in [5, 5.41) is 7.06. The summed E-state index contributed by atoms with van der Waals surface area (Å²) in [5.74, 6) is 1.37. The van der Waals surface area contributed by atoms with Gasteiger partial charge < -0.3 is 10.6 Å². The zero-order valence-electron chi connectivity index (χ0n) is 12.5. The molecule has 4 nitrogen and oxygen atoms in total. The predicted molar refractivity (Wildman–Crippen MR) is 79.4 cm³/mol. The van der Waals surface area contributed by atoms with E-state index in [0.717, 1.165) is 24.6 Å². The van der Waals surface area contributed by atoms with Crippen molar-refractivity contribution < 1.29 is 0 Å². The Kier molecular flexibility index (Phi) is 4.40. The van der Waals surface area contributed by atoms with Gasteiger partial charge in [0.05, 0.1) is 0 Å². The summed E-state index contributed by atoms with van der Waals surface area (Å²) < 4.78 is 0. The molecule has 1 aliphatic rings. The number of piperidine rings is 1. The molecule has 106 valence electrons. The van der Waals surface area contributed by atoms with E-state index in [9.17, 15) is 0 Å². The maximum atomic E-state index is 4.30. The average molecular weight is 262 g/mol. The minimum Gasteiger partial charge on any atom is -0.368 e. The largest absolute Gasteiger partial charge is 0.368 e. The van der Waals surface area contributed by atoms with Gasteiger partial charge in [0.15, 0.2) is 0 Å². The van der Waals surface area contributed by atoms with E-state index >= 15 is 0 Å². The Bertz CT molecular complexity index is 414. The molecular weight excluding hydrogens is 236 g/mol. The van der Waals surface area contributed by atoms with Crippen molar-refractivity contribution in [3.63, 3.8) is 0 Å². The van der Waals surface area contributed by atoms with E-state index in [2.05, 4.69) is 54.4 Å². The maximum absolute atomic E-state index is 4.30. The zero-order valence-corrected chi connectivity index (χ0v) is 12.5. The van der Waals surface area contributed by atoms with Gasteiger partial charge in [-0.1, -0.05) is 27.7 Å². The molecule has 0 saturated carbocycles. The van der Waals surface area contributed by atoms with Crippen molar-refractivity contribution in [2.75, 3.05) is 18.4 Å². The maximum Gasteiger partial charge on any atom is 0.129 e. The normalized spacial score (nSPS) is 22.5. The summed E-state index contributed by atoms with van der Waals surface area (Å²) in [4.78, 5) is 8.60. The van der Waals surface area contributed by atoms with Crippen LogP contribution in [0.4, 0.5) is 5.82 Å². The number of aromatic nitrogens is 2. The van der Waals surface area contributed by atoms with E-state index in [4.69, 9.17) is 0 Å². The summed E-state index contributed by atoms with van der Waals surface area (Å²) in [6, 6.07) is 2.55. The Hall–Kier alpha value is -1.16. The number of hydrogen-bond acceptors (Lipinski definition) is 4. The summed E-state index contributed by atoms with van der Waals surface area (Å²) in [5.41, 5.74) is 1.44. The van der Waals surface area contributed by atoms with Gasteiger partial charge in [-0.25, -0.2) is 9.97 Å². The third-order valence-corrected chi connectivity index (χ3v) is 4.10. The van der Waals surface area contributed by atoms with Gasteiger partial charge in [-0.2, -0.15) is 0 Å². The van der Waals surface area contributed by atoms with Gasteiger partial charge in [0.2, 0.25) is 0 Å². The average Bonchev–Trinajstić information content (AvgIpc) is 2.37. The van der Waals surface area contributed by atoms with Crippen molar-refractivity contribution in [1.29, 1.82) is 0 Å². The minimum atomic E-state index is 0.346. The van der Waals surface area contributed by atoms with Crippen LogP contribution in [0.15, 0.2) is 12.4 Å². The number of anilines is 1. The van der Waals surface area contributed by atoms with Crippen molar-refractivity contribution >= 4 is 5.82 Å². The van der Waals surface area contributed by atoms with Crippen LogP contribution >= 0.6 is 0 Å². The van der Waals surface area contributed by atoms with Gasteiger partial charge >= 0.3 is 0 Å². The molecule has 2 heterocycles. The van der Waals surface area contributed by atoms with E-state index in [1.807, 2.05) is 0 Å². The van der Waals surface area contributed by atoms with Gasteiger partial charge in [-0.15, -0.1) is 0 Å². The minimum absolute atomic E-state index is 0.346. The lowest BCUT2D eigenvalue weighted by Crippen LogP contribution is -2.50. The van der Waals surface area contributed by atoms with Crippen molar-refractivity contribution in [2.45, 2.75) is 52.5 Å². The molecule has 4 heteroatoms. The van der Waals surface area contributed by atoms with Crippen molar-refractivity contribution in [2.24, 2.45) is 5.41 Å². The number of nitrogens with zero attached hydrogens (tertiary/aromatic N) is 2. The quantitative estimate of drug-likeness (QED) is 0.876. The Morgan fingerprint density at radius 2 is 2.21 bits per heavy atom. The van der Waals surface area contributed by atoms with Crippen LogP contribution in [-0.4, -0.2) is 29.1 Å². The van der Waals surface area contributed by atoms with E-state index in [0.29, 0.717) is 17.4 Å². The van der Waals surface area contributed by atoms with Crippen LogP contribution in [0.3, 0.4) is 0 Å². The molecule has 1 fully saturated rings. The third kappa shape index (κ3) is 3.66. The molecular formula is C15H26N4. The number of nitrogens with one attached hydrogen (secondary N) is 2. The molecule has 1 unspecified atom stereocenters. The van der Waals surface area contributed by atoms with Crippen LogP contribution in [0.2, 0.25) is 0 Å². The SMILES string of the molecule is CC(C)c1cc(NCC2NCCCC2(C)C)ncn1. The van der Waals surface area contributed by atoms with Crippen LogP contribution in [0.1, 0.15) is 52.1 Å². The molecule has 1 aromatic rings. The first-order valence-electron chi connectivity index (χ1n) is 7.28. The van der Waals surface area contributed by atoms with Gasteiger partial charge in [-0.3, -0.25) is 0 Å². The molecule has 0 spiro atoms. The Morgan fingerprint density at radius 1 is 1.42 bits per heavy atom. The molecule has 1 aliphatic heterocycles. The van der Waals surface area contributed by atoms with Gasteiger partial charge in [0.25, 0.3) is 0 Å². The molecule has 1 aromatic heterocycles. The van der Waals surface area contributed by atoms with Crippen LogP contribution in [-0.2, 0) is 0 Å². The summed E-state index contributed by atoms with van der Waals surface area (Å²) >= 11 is 0. The van der Waals surface area contributed by atoms with Gasteiger partial charge in [0, 0.05) is 24.3 Å². The topological polar surface area (TPSA) is 49.8 Å². The molecule has 0 aliphatic carbocycles. The highest BCUT2D eigenvalue weighted by atomic mass is 15.1. The molecule has 0 radical (unpaired) electrons. The van der Waals surface area contributed by atoms with Crippen LogP contribution in [0.25, 0.3) is 0 Å². The second kappa shape index (κ2) is 5.87. The molecule has 1 atom stereocenters. The standard InChI is InChI=1S/C15H26N4/c1-11(2)12-8-14(19-10-18-12)17-9-13-15(3,4)6-5-7-16-13/h8,10-11,13,16H,5-7,9H2,1-4H3,(H,17,18,19). The first-order chi connectivity index (χ1) is 8.99. The van der Waals surface area contributed by atoms with Gasteiger partial charge in [0.1, 0.15) is 12.1 Å². The lowest BCUT2D eigenvalue weighted by Gasteiger charge is -2.39.